The maximum Gasteiger partial charge on any atom is 0.500 e. The van der Waals surface area contributed by atoms with Crippen molar-refractivity contribution < 1.29 is 22.1 Å². The van der Waals surface area contributed by atoms with Gasteiger partial charge in [-0.1, -0.05) is 13.3 Å². The van der Waals surface area contributed by atoms with E-state index in [-0.39, 0.29) is 0 Å². The molecular weight excluding hydrogens is 256 g/mol. The van der Waals surface area contributed by atoms with E-state index in [2.05, 4.69) is 6.92 Å². The molecule has 1 radical (unpaired) electrons. The monoisotopic (exact) mass is 281 g/mol. The Labute approximate surface area is 108 Å². The van der Waals surface area contributed by atoms with Crippen LogP contribution in [0.25, 0.3) is 0 Å². The second-order valence-corrected chi connectivity index (χ2v) is 8.19. The zero-order chi connectivity index (χ0) is 13.1. The Bertz CT molecular complexity index is 178. The summed E-state index contributed by atoms with van der Waals surface area (Å²) in [6, 6.07) is 0.835. The molecule has 0 aliphatic carbocycles. The molecule has 0 saturated carbocycles. The Morgan fingerprint density at radius 2 is 1.71 bits per heavy atom. The summed E-state index contributed by atoms with van der Waals surface area (Å²) < 4.78 is 27.4. The van der Waals surface area contributed by atoms with E-state index >= 15 is 0 Å². The summed E-state index contributed by atoms with van der Waals surface area (Å²) in [5, 5.41) is 0. The Morgan fingerprint density at radius 3 is 2.12 bits per heavy atom. The van der Waals surface area contributed by atoms with Gasteiger partial charge in [0.25, 0.3) is 0 Å². The molecule has 0 rings (SSSR count). The van der Waals surface area contributed by atoms with Gasteiger partial charge in [0, 0.05) is 34.0 Å². The van der Waals surface area contributed by atoms with Crippen molar-refractivity contribution >= 4 is 18.1 Å². The molecule has 0 heterocycles. The lowest BCUT2D eigenvalue weighted by molar-refractivity contribution is 0.0999. The van der Waals surface area contributed by atoms with Crippen LogP contribution in [-0.2, 0) is 22.1 Å². The van der Waals surface area contributed by atoms with Gasteiger partial charge >= 0.3 is 18.1 Å². The third kappa shape index (κ3) is 6.65. The highest BCUT2D eigenvalue weighted by Crippen LogP contribution is 2.17. The molecule has 0 aromatic carbocycles. The highest BCUT2D eigenvalue weighted by atomic mass is 28.4. The van der Waals surface area contributed by atoms with Gasteiger partial charge in [-0.15, -0.1) is 0 Å². The average molecular weight is 281 g/mol. The maximum absolute atomic E-state index is 5.83. The zero-order valence-electron chi connectivity index (χ0n) is 11.6. The van der Waals surface area contributed by atoms with Crippen LogP contribution in [0, 0.1) is 0 Å². The van der Waals surface area contributed by atoms with Gasteiger partial charge in [-0.2, -0.15) is 0 Å². The first-order valence-electron chi connectivity index (χ1n) is 5.94. The molecule has 0 unspecified atom stereocenters. The minimum absolute atomic E-state index is 0.437. The van der Waals surface area contributed by atoms with E-state index in [1.807, 2.05) is 6.92 Å². The first-order chi connectivity index (χ1) is 8.17. The van der Waals surface area contributed by atoms with Gasteiger partial charge in [0.15, 0.2) is 0 Å². The molecule has 0 bridgehead atoms. The maximum atomic E-state index is 5.83. The summed E-state index contributed by atoms with van der Waals surface area (Å²) in [4.78, 5) is 0. The second-order valence-electron chi connectivity index (χ2n) is 3.49. The molecule has 103 valence electrons. The molecule has 0 spiro atoms. The lowest BCUT2D eigenvalue weighted by atomic mass is 10.4. The molecule has 0 amide bonds. The van der Waals surface area contributed by atoms with Crippen molar-refractivity contribution in [1.82, 2.24) is 0 Å². The fourth-order valence-electron chi connectivity index (χ4n) is 1.36. The molecule has 5 nitrogen and oxygen atoms in total. The molecule has 7 heteroatoms. The average Bonchev–Trinajstić information content (AvgIpc) is 2.38. The van der Waals surface area contributed by atoms with Gasteiger partial charge in [-0.25, -0.2) is 0 Å². The predicted molar refractivity (Wildman–Crippen MR) is 69.8 cm³/mol. The smallest absolute Gasteiger partial charge is 0.395 e. The van der Waals surface area contributed by atoms with Crippen LogP contribution in [0.4, 0.5) is 0 Å². The van der Waals surface area contributed by atoms with Crippen LogP contribution in [0.1, 0.15) is 26.7 Å². The van der Waals surface area contributed by atoms with Gasteiger partial charge in [0.1, 0.15) is 0 Å². The third-order valence-corrected chi connectivity index (χ3v) is 6.93. The van der Waals surface area contributed by atoms with E-state index in [1.165, 1.54) is 0 Å². The number of rotatable bonds is 11. The van der Waals surface area contributed by atoms with E-state index in [4.69, 9.17) is 22.1 Å². The summed E-state index contributed by atoms with van der Waals surface area (Å²) in [7, 11) is 1.06. The van der Waals surface area contributed by atoms with E-state index in [0.717, 1.165) is 18.9 Å². The molecule has 0 fully saturated rings. The van der Waals surface area contributed by atoms with E-state index in [0.29, 0.717) is 12.8 Å². The SMILES string of the molecule is CCCC[Si](OC)(OC)OC[Si](OC)OCC. The van der Waals surface area contributed by atoms with Crippen LogP contribution in [0.2, 0.25) is 6.04 Å². The highest BCUT2D eigenvalue weighted by Gasteiger charge is 2.39. The normalized spacial score (nSPS) is 12.4. The van der Waals surface area contributed by atoms with Crippen LogP contribution in [-0.4, -0.2) is 52.3 Å². The van der Waals surface area contributed by atoms with Gasteiger partial charge in [0.05, 0.1) is 6.23 Å². The van der Waals surface area contributed by atoms with Crippen LogP contribution in [0.5, 0.6) is 0 Å². The van der Waals surface area contributed by atoms with Crippen LogP contribution >= 0.6 is 0 Å². The van der Waals surface area contributed by atoms with Gasteiger partial charge in [-0.3, -0.25) is 0 Å². The van der Waals surface area contributed by atoms with Crippen molar-refractivity contribution in [3.8, 4) is 0 Å². The van der Waals surface area contributed by atoms with E-state index in [1.54, 1.807) is 21.3 Å². The predicted octanol–water partition coefficient (Wildman–Crippen LogP) is 1.75. The quantitative estimate of drug-likeness (QED) is 0.540. The Hall–Kier alpha value is 0.234. The standard InChI is InChI=1S/C10H25O5Si2/c1-6-8-9-17(12-4,13-5)15-10-16(11-3)14-7-2/h6-10H2,1-5H3. The molecule has 17 heavy (non-hydrogen) atoms. The molecule has 0 atom stereocenters. The second kappa shape index (κ2) is 10.2. The van der Waals surface area contributed by atoms with Crippen molar-refractivity contribution in [2.45, 2.75) is 32.7 Å². The minimum atomic E-state index is -2.51. The molecule has 0 aliphatic heterocycles. The fourth-order valence-corrected chi connectivity index (χ4v) is 5.09. The number of hydrogen-bond donors (Lipinski definition) is 0. The van der Waals surface area contributed by atoms with Crippen LogP contribution in [0.15, 0.2) is 0 Å². The molecule has 0 aliphatic rings. The highest BCUT2D eigenvalue weighted by molar-refractivity contribution is 6.61. The topological polar surface area (TPSA) is 46.2 Å². The summed E-state index contributed by atoms with van der Waals surface area (Å²) in [5.74, 6) is 0. The molecular formula is C10H25O5Si2. The first-order valence-corrected chi connectivity index (χ1v) is 9.40. The molecule has 0 saturated heterocycles. The van der Waals surface area contributed by atoms with Gasteiger partial charge in [-0.05, 0) is 13.3 Å². The van der Waals surface area contributed by atoms with Crippen LogP contribution < -0.4 is 0 Å². The number of unbranched alkanes of at least 4 members (excludes halogenated alkanes) is 1. The summed E-state index contributed by atoms with van der Waals surface area (Å²) in [5.41, 5.74) is 0. The van der Waals surface area contributed by atoms with Crippen molar-refractivity contribution in [1.29, 1.82) is 0 Å². The first kappa shape index (κ1) is 17.2. The molecule has 0 aromatic heterocycles. The van der Waals surface area contributed by atoms with Crippen molar-refractivity contribution in [3.63, 3.8) is 0 Å². The lowest BCUT2D eigenvalue weighted by Crippen LogP contribution is -2.47. The largest absolute Gasteiger partial charge is 0.500 e. The zero-order valence-corrected chi connectivity index (χ0v) is 13.6. The third-order valence-electron chi connectivity index (χ3n) is 2.40. The van der Waals surface area contributed by atoms with Gasteiger partial charge in [0.2, 0.25) is 0 Å². The summed E-state index contributed by atoms with van der Waals surface area (Å²) in [6.07, 6.45) is 2.57. The summed E-state index contributed by atoms with van der Waals surface area (Å²) in [6.45, 7) is 4.71. The molecule has 0 N–H and O–H groups in total. The number of hydrogen-bond acceptors (Lipinski definition) is 5. The Morgan fingerprint density at radius 1 is 1.06 bits per heavy atom. The van der Waals surface area contributed by atoms with E-state index < -0.39 is 18.1 Å². The van der Waals surface area contributed by atoms with Crippen LogP contribution in [0.3, 0.4) is 0 Å². The van der Waals surface area contributed by atoms with Crippen molar-refractivity contribution in [2.75, 3.05) is 34.2 Å². The fraction of sp³-hybridized carbons (Fsp3) is 1.00. The Kier molecular flexibility index (Phi) is 10.3. The Balaban J connectivity index is 4.22. The van der Waals surface area contributed by atoms with Crippen molar-refractivity contribution in [2.24, 2.45) is 0 Å². The minimum Gasteiger partial charge on any atom is -0.395 e. The lowest BCUT2D eigenvalue weighted by Gasteiger charge is -2.27. The summed E-state index contributed by atoms with van der Waals surface area (Å²) >= 11 is 0. The van der Waals surface area contributed by atoms with Gasteiger partial charge < -0.3 is 22.1 Å². The van der Waals surface area contributed by atoms with Crippen molar-refractivity contribution in [3.05, 3.63) is 0 Å². The molecule has 0 aromatic rings. The van der Waals surface area contributed by atoms with E-state index in [9.17, 15) is 0 Å².